The summed E-state index contributed by atoms with van der Waals surface area (Å²) in [6.07, 6.45) is 1.26. The first-order chi connectivity index (χ1) is 11.5. The van der Waals surface area contributed by atoms with E-state index in [2.05, 4.69) is 15.6 Å². The van der Waals surface area contributed by atoms with E-state index in [4.69, 9.17) is 9.52 Å². The molecule has 3 amide bonds. The standard InChI is InChI=1S/C16H11N3O5.Na.H/c20-14(10-3-6-12-13(7-10)24-8-17-12)19-16(23)18-11-4-1-9(2-5-11)15(21)22;;/h1-8H,(H,21,22)(H2,18,19,20,23);;/q;+1;-1. The van der Waals surface area contributed by atoms with Crippen LogP contribution in [-0.2, 0) is 0 Å². The maximum absolute atomic E-state index is 12.0. The number of carboxylic acids is 1. The van der Waals surface area contributed by atoms with E-state index in [9.17, 15) is 14.4 Å². The third-order valence-corrected chi connectivity index (χ3v) is 3.21. The van der Waals surface area contributed by atoms with Gasteiger partial charge in [0.1, 0.15) is 5.52 Å². The maximum Gasteiger partial charge on any atom is 1.00 e. The van der Waals surface area contributed by atoms with Crippen molar-refractivity contribution in [2.24, 2.45) is 0 Å². The Hall–Kier alpha value is -2.68. The molecule has 0 aliphatic heterocycles. The van der Waals surface area contributed by atoms with Gasteiger partial charge in [-0.05, 0) is 42.5 Å². The van der Waals surface area contributed by atoms with E-state index in [1.54, 1.807) is 6.07 Å². The Bertz CT molecular complexity index is 942. The number of carbonyl (C=O) groups is 3. The molecule has 0 atom stereocenters. The van der Waals surface area contributed by atoms with Gasteiger partial charge in [0.2, 0.25) is 0 Å². The average molecular weight is 349 g/mol. The summed E-state index contributed by atoms with van der Waals surface area (Å²) in [4.78, 5) is 38.6. The predicted octanol–water partition coefficient (Wildman–Crippen LogP) is -0.396. The number of carbonyl (C=O) groups excluding carboxylic acids is 2. The summed E-state index contributed by atoms with van der Waals surface area (Å²) in [6, 6.07) is 9.41. The quantitative estimate of drug-likeness (QED) is 0.554. The molecular weight excluding hydrogens is 337 g/mol. The molecule has 9 heteroatoms. The summed E-state index contributed by atoms with van der Waals surface area (Å²) in [7, 11) is 0. The number of benzene rings is 2. The Balaban J connectivity index is 0.00000169. The topological polar surface area (TPSA) is 122 Å². The minimum absolute atomic E-state index is 0. The Morgan fingerprint density at radius 1 is 1.04 bits per heavy atom. The number of aromatic carboxylic acids is 1. The first kappa shape index (κ1) is 18.7. The van der Waals surface area contributed by atoms with Gasteiger partial charge in [-0.2, -0.15) is 0 Å². The Morgan fingerprint density at radius 2 is 1.72 bits per heavy atom. The van der Waals surface area contributed by atoms with E-state index in [1.165, 1.54) is 42.8 Å². The summed E-state index contributed by atoms with van der Waals surface area (Å²) >= 11 is 0. The van der Waals surface area contributed by atoms with Gasteiger partial charge >= 0.3 is 41.6 Å². The van der Waals surface area contributed by atoms with Crippen molar-refractivity contribution in [2.45, 2.75) is 0 Å². The molecule has 3 rings (SSSR count). The molecule has 25 heavy (non-hydrogen) atoms. The van der Waals surface area contributed by atoms with Crippen LogP contribution in [0.1, 0.15) is 22.1 Å². The summed E-state index contributed by atoms with van der Waals surface area (Å²) in [5.74, 6) is -1.67. The fourth-order valence-electron chi connectivity index (χ4n) is 2.03. The summed E-state index contributed by atoms with van der Waals surface area (Å²) < 4.78 is 5.10. The third kappa shape index (κ3) is 4.44. The summed E-state index contributed by atoms with van der Waals surface area (Å²) in [5.41, 5.74) is 1.74. The molecule has 3 N–H and O–H groups in total. The zero-order chi connectivity index (χ0) is 17.1. The Kier molecular flexibility index (Phi) is 5.92. The number of hydrogen-bond donors (Lipinski definition) is 3. The van der Waals surface area contributed by atoms with Gasteiger partial charge in [0, 0.05) is 11.3 Å². The first-order valence-electron chi connectivity index (χ1n) is 6.82. The minimum Gasteiger partial charge on any atom is -1.00 e. The van der Waals surface area contributed by atoms with Gasteiger partial charge in [-0.3, -0.25) is 10.1 Å². The van der Waals surface area contributed by atoms with Crippen LogP contribution in [0.5, 0.6) is 0 Å². The number of amides is 3. The molecule has 0 unspecified atom stereocenters. The molecule has 0 spiro atoms. The van der Waals surface area contributed by atoms with Crippen molar-refractivity contribution >= 4 is 34.7 Å². The van der Waals surface area contributed by atoms with Crippen molar-refractivity contribution in [3.8, 4) is 0 Å². The minimum atomic E-state index is -1.07. The third-order valence-electron chi connectivity index (χ3n) is 3.21. The van der Waals surface area contributed by atoms with Crippen LogP contribution in [0, 0.1) is 0 Å². The maximum atomic E-state index is 12.0. The van der Waals surface area contributed by atoms with Crippen LogP contribution in [0.2, 0.25) is 0 Å². The van der Waals surface area contributed by atoms with Crippen molar-refractivity contribution < 1.29 is 54.9 Å². The number of carboxylic acid groups (broad SMARTS) is 1. The van der Waals surface area contributed by atoms with E-state index < -0.39 is 17.9 Å². The Morgan fingerprint density at radius 3 is 2.40 bits per heavy atom. The summed E-state index contributed by atoms with van der Waals surface area (Å²) in [6.45, 7) is 0. The Labute approximate surface area is 165 Å². The van der Waals surface area contributed by atoms with Crippen molar-refractivity contribution in [1.29, 1.82) is 0 Å². The number of aromatic nitrogens is 1. The molecule has 0 saturated carbocycles. The van der Waals surface area contributed by atoms with E-state index in [0.717, 1.165) is 0 Å². The molecule has 8 nitrogen and oxygen atoms in total. The van der Waals surface area contributed by atoms with Crippen molar-refractivity contribution in [3.05, 3.63) is 60.0 Å². The SMILES string of the molecule is O=C(NC(=O)c1ccc2ncoc2c1)Nc1ccc(C(=O)O)cc1.[H-].[Na+]. The van der Waals surface area contributed by atoms with Crippen LogP contribution in [0.3, 0.4) is 0 Å². The molecule has 0 radical (unpaired) electrons. The fraction of sp³-hybridized carbons (Fsp3) is 0. The second kappa shape index (κ2) is 7.93. The summed E-state index contributed by atoms with van der Waals surface area (Å²) in [5, 5.41) is 13.4. The van der Waals surface area contributed by atoms with E-state index in [-0.39, 0.29) is 42.1 Å². The van der Waals surface area contributed by atoms with Gasteiger partial charge in [0.05, 0.1) is 5.56 Å². The smallest absolute Gasteiger partial charge is 1.00 e. The predicted molar refractivity (Wildman–Crippen MR) is 85.0 cm³/mol. The van der Waals surface area contributed by atoms with Crippen LogP contribution >= 0.6 is 0 Å². The molecule has 0 aliphatic carbocycles. The van der Waals surface area contributed by atoms with Gasteiger partial charge in [-0.25, -0.2) is 14.6 Å². The van der Waals surface area contributed by atoms with Crippen molar-refractivity contribution in [1.82, 2.24) is 10.3 Å². The largest absolute Gasteiger partial charge is 1.00 e. The molecule has 1 heterocycles. The molecule has 0 bridgehead atoms. The van der Waals surface area contributed by atoms with Crippen LogP contribution in [0.4, 0.5) is 10.5 Å². The molecule has 0 aliphatic rings. The first-order valence-corrected chi connectivity index (χ1v) is 6.82. The van der Waals surface area contributed by atoms with Crippen molar-refractivity contribution in [2.75, 3.05) is 5.32 Å². The van der Waals surface area contributed by atoms with E-state index in [1.807, 2.05) is 0 Å². The van der Waals surface area contributed by atoms with Crippen molar-refractivity contribution in [3.63, 3.8) is 0 Å². The monoisotopic (exact) mass is 349 g/mol. The zero-order valence-corrected chi connectivity index (χ0v) is 15.1. The van der Waals surface area contributed by atoms with Gasteiger partial charge in [-0.1, -0.05) is 0 Å². The number of urea groups is 1. The molecule has 2 aromatic carbocycles. The number of nitrogens with zero attached hydrogens (tertiary/aromatic N) is 1. The van der Waals surface area contributed by atoms with Crippen LogP contribution in [0.25, 0.3) is 11.1 Å². The molecule has 0 saturated heterocycles. The van der Waals surface area contributed by atoms with Gasteiger partial charge in [-0.15, -0.1) is 0 Å². The molecule has 1 aromatic heterocycles. The zero-order valence-electron chi connectivity index (χ0n) is 14.1. The number of hydrogen-bond acceptors (Lipinski definition) is 5. The number of anilines is 1. The second-order valence-electron chi connectivity index (χ2n) is 4.83. The van der Waals surface area contributed by atoms with Crippen LogP contribution < -0.4 is 40.2 Å². The van der Waals surface area contributed by atoms with Gasteiger partial charge < -0.3 is 16.3 Å². The van der Waals surface area contributed by atoms with E-state index in [0.29, 0.717) is 16.8 Å². The van der Waals surface area contributed by atoms with Crippen LogP contribution in [0.15, 0.2) is 53.3 Å². The van der Waals surface area contributed by atoms with E-state index >= 15 is 0 Å². The molecule has 0 fully saturated rings. The fourth-order valence-corrected chi connectivity index (χ4v) is 2.03. The second-order valence-corrected chi connectivity index (χ2v) is 4.83. The number of fused-ring (bicyclic) bond motifs is 1. The molecular formula is C16H12N3NaO5. The number of imide groups is 1. The number of oxazole rings is 1. The molecule has 122 valence electrons. The normalized spacial score (nSPS) is 9.92. The number of nitrogens with one attached hydrogen (secondary N) is 2. The van der Waals surface area contributed by atoms with Gasteiger partial charge in [0.25, 0.3) is 5.91 Å². The molecule has 3 aromatic rings. The average Bonchev–Trinajstić information content (AvgIpc) is 3.02. The number of rotatable bonds is 3. The van der Waals surface area contributed by atoms with Crippen LogP contribution in [-0.4, -0.2) is 28.0 Å². The van der Waals surface area contributed by atoms with Gasteiger partial charge in [0.15, 0.2) is 12.0 Å².